The van der Waals surface area contributed by atoms with E-state index in [4.69, 9.17) is 10.5 Å². The van der Waals surface area contributed by atoms with Crippen molar-refractivity contribution in [3.05, 3.63) is 29.8 Å². The molecule has 1 heterocycles. The Balaban J connectivity index is 1.89. The van der Waals surface area contributed by atoms with E-state index >= 15 is 0 Å². The number of benzene rings is 1. The van der Waals surface area contributed by atoms with Crippen LogP contribution in [0.5, 0.6) is 0 Å². The van der Waals surface area contributed by atoms with Crippen LogP contribution in [0, 0.1) is 5.92 Å². The molecule has 1 aromatic rings. The molecule has 0 aliphatic carbocycles. The van der Waals surface area contributed by atoms with Gasteiger partial charge in [0.1, 0.15) is 0 Å². The van der Waals surface area contributed by atoms with E-state index in [1.807, 2.05) is 43.0 Å². The van der Waals surface area contributed by atoms with Crippen LogP contribution in [0.2, 0.25) is 0 Å². The van der Waals surface area contributed by atoms with Crippen molar-refractivity contribution in [1.82, 2.24) is 4.90 Å². The van der Waals surface area contributed by atoms with E-state index < -0.39 is 6.04 Å². The highest BCUT2D eigenvalue weighted by molar-refractivity contribution is 5.95. The van der Waals surface area contributed by atoms with Gasteiger partial charge in [-0.3, -0.25) is 9.59 Å². The second-order valence-electron chi connectivity index (χ2n) is 6.40. The first-order valence-electron chi connectivity index (χ1n) is 9.06. The molecule has 2 amide bonds. The fraction of sp³-hybridized carbons (Fsp3) is 0.579. The topological polar surface area (TPSA) is 84.7 Å². The minimum Gasteiger partial charge on any atom is -0.381 e. The molecule has 0 spiro atoms. The van der Waals surface area contributed by atoms with Gasteiger partial charge in [0.05, 0.1) is 12.5 Å². The third-order valence-corrected chi connectivity index (χ3v) is 4.77. The van der Waals surface area contributed by atoms with Crippen molar-refractivity contribution >= 4 is 17.5 Å². The van der Waals surface area contributed by atoms with Gasteiger partial charge in [-0.15, -0.1) is 0 Å². The quantitative estimate of drug-likeness (QED) is 0.787. The molecular formula is C19H29N3O3. The Hall–Kier alpha value is -1.92. The standard InChI is InChI=1S/C19H29N3O3/c1-3-22(4-2)17(23)13-14-5-7-16(8-6-14)21-19(24)18(20)15-9-11-25-12-10-15/h5-8,15,18H,3-4,9-13,20H2,1-2H3,(H,21,24). The molecule has 138 valence electrons. The van der Waals surface area contributed by atoms with Crippen molar-refractivity contribution in [2.45, 2.75) is 39.2 Å². The largest absolute Gasteiger partial charge is 0.381 e. The average molecular weight is 347 g/mol. The van der Waals surface area contributed by atoms with E-state index in [0.717, 1.165) is 18.4 Å². The summed E-state index contributed by atoms with van der Waals surface area (Å²) >= 11 is 0. The second kappa shape index (κ2) is 9.53. The summed E-state index contributed by atoms with van der Waals surface area (Å²) in [6.45, 7) is 6.71. The van der Waals surface area contributed by atoms with Crippen molar-refractivity contribution in [2.24, 2.45) is 11.7 Å². The number of carbonyl (C=O) groups excluding carboxylic acids is 2. The van der Waals surface area contributed by atoms with Crippen LogP contribution >= 0.6 is 0 Å². The number of amides is 2. The SMILES string of the molecule is CCN(CC)C(=O)Cc1ccc(NC(=O)C(N)C2CCOCC2)cc1. The van der Waals surface area contributed by atoms with Crippen LogP contribution in [0.25, 0.3) is 0 Å². The molecule has 1 unspecified atom stereocenters. The summed E-state index contributed by atoms with van der Waals surface area (Å²) in [5.74, 6) is 0.113. The van der Waals surface area contributed by atoms with Gasteiger partial charge in [-0.05, 0) is 50.3 Å². The van der Waals surface area contributed by atoms with Crippen LogP contribution in [0.1, 0.15) is 32.3 Å². The minimum atomic E-state index is -0.521. The summed E-state index contributed by atoms with van der Waals surface area (Å²) < 4.78 is 5.31. The van der Waals surface area contributed by atoms with Crippen molar-refractivity contribution in [3.63, 3.8) is 0 Å². The molecule has 0 aromatic heterocycles. The predicted octanol–water partition coefficient (Wildman–Crippen LogP) is 1.79. The highest BCUT2D eigenvalue weighted by Gasteiger charge is 2.26. The fourth-order valence-corrected chi connectivity index (χ4v) is 3.08. The van der Waals surface area contributed by atoms with Crippen molar-refractivity contribution < 1.29 is 14.3 Å². The molecular weight excluding hydrogens is 318 g/mol. The van der Waals surface area contributed by atoms with E-state index in [9.17, 15) is 9.59 Å². The van der Waals surface area contributed by atoms with Crippen molar-refractivity contribution in [1.29, 1.82) is 0 Å². The van der Waals surface area contributed by atoms with Crippen LogP contribution in [-0.2, 0) is 20.7 Å². The summed E-state index contributed by atoms with van der Waals surface area (Å²) in [5, 5.41) is 2.86. The first kappa shape index (κ1) is 19.4. The lowest BCUT2D eigenvalue weighted by atomic mass is 9.92. The van der Waals surface area contributed by atoms with Gasteiger partial charge >= 0.3 is 0 Å². The van der Waals surface area contributed by atoms with Gasteiger partial charge in [0.2, 0.25) is 11.8 Å². The molecule has 1 aromatic carbocycles. The van der Waals surface area contributed by atoms with E-state index in [1.165, 1.54) is 0 Å². The Labute approximate surface area is 149 Å². The van der Waals surface area contributed by atoms with E-state index in [1.54, 1.807) is 0 Å². The summed E-state index contributed by atoms with van der Waals surface area (Å²) in [7, 11) is 0. The number of nitrogens with zero attached hydrogens (tertiary/aromatic N) is 1. The van der Waals surface area contributed by atoms with Crippen LogP contribution in [0.3, 0.4) is 0 Å². The zero-order valence-electron chi connectivity index (χ0n) is 15.2. The molecule has 1 aliphatic heterocycles. The molecule has 6 nitrogen and oxygen atoms in total. The Morgan fingerprint density at radius 3 is 2.36 bits per heavy atom. The predicted molar refractivity (Wildman–Crippen MR) is 98.2 cm³/mol. The van der Waals surface area contributed by atoms with Crippen LogP contribution in [0.4, 0.5) is 5.69 Å². The third kappa shape index (κ3) is 5.54. The maximum atomic E-state index is 12.3. The Morgan fingerprint density at radius 2 is 1.80 bits per heavy atom. The highest BCUT2D eigenvalue weighted by Crippen LogP contribution is 2.19. The van der Waals surface area contributed by atoms with Crippen molar-refractivity contribution in [3.8, 4) is 0 Å². The van der Waals surface area contributed by atoms with Gasteiger partial charge in [0.25, 0.3) is 0 Å². The molecule has 0 radical (unpaired) electrons. The number of anilines is 1. The average Bonchev–Trinajstić information content (AvgIpc) is 2.64. The molecule has 2 rings (SSSR count). The maximum absolute atomic E-state index is 12.3. The monoisotopic (exact) mass is 347 g/mol. The Kier molecular flexibility index (Phi) is 7.40. The zero-order chi connectivity index (χ0) is 18.2. The van der Waals surface area contributed by atoms with E-state index in [2.05, 4.69) is 5.32 Å². The number of carbonyl (C=O) groups is 2. The first-order chi connectivity index (χ1) is 12.0. The molecule has 1 aliphatic rings. The smallest absolute Gasteiger partial charge is 0.241 e. The Morgan fingerprint density at radius 1 is 1.20 bits per heavy atom. The molecule has 1 fully saturated rings. The Bertz CT molecular complexity index is 564. The van der Waals surface area contributed by atoms with Crippen LogP contribution in [-0.4, -0.2) is 49.1 Å². The molecule has 0 saturated carbocycles. The molecule has 3 N–H and O–H groups in total. The highest BCUT2D eigenvalue weighted by atomic mass is 16.5. The van der Waals surface area contributed by atoms with Crippen LogP contribution < -0.4 is 11.1 Å². The number of rotatable bonds is 7. The molecule has 25 heavy (non-hydrogen) atoms. The van der Waals surface area contributed by atoms with Gasteiger partial charge in [0, 0.05) is 32.0 Å². The second-order valence-corrected chi connectivity index (χ2v) is 6.40. The number of ether oxygens (including phenoxy) is 1. The summed E-state index contributed by atoms with van der Waals surface area (Å²) in [5.41, 5.74) is 7.72. The minimum absolute atomic E-state index is 0.114. The van der Waals surface area contributed by atoms with Crippen molar-refractivity contribution in [2.75, 3.05) is 31.6 Å². The molecule has 6 heteroatoms. The normalized spacial score (nSPS) is 16.3. The fourth-order valence-electron chi connectivity index (χ4n) is 3.08. The summed E-state index contributed by atoms with van der Waals surface area (Å²) in [6, 6.07) is 6.86. The summed E-state index contributed by atoms with van der Waals surface area (Å²) in [6.07, 6.45) is 2.01. The molecule has 0 bridgehead atoms. The van der Waals surface area contributed by atoms with Gasteiger partial charge in [-0.1, -0.05) is 12.1 Å². The van der Waals surface area contributed by atoms with Gasteiger partial charge in [0.15, 0.2) is 0 Å². The zero-order valence-corrected chi connectivity index (χ0v) is 15.2. The number of nitrogens with two attached hydrogens (primary N) is 1. The van der Waals surface area contributed by atoms with E-state index in [-0.39, 0.29) is 17.7 Å². The lowest BCUT2D eigenvalue weighted by Crippen LogP contribution is -2.44. The first-order valence-corrected chi connectivity index (χ1v) is 9.06. The number of hydrogen-bond acceptors (Lipinski definition) is 4. The number of nitrogens with one attached hydrogen (secondary N) is 1. The van der Waals surface area contributed by atoms with Gasteiger partial charge < -0.3 is 20.7 Å². The van der Waals surface area contributed by atoms with Crippen LogP contribution in [0.15, 0.2) is 24.3 Å². The lowest BCUT2D eigenvalue weighted by molar-refractivity contribution is -0.130. The van der Waals surface area contributed by atoms with E-state index in [0.29, 0.717) is 38.4 Å². The maximum Gasteiger partial charge on any atom is 0.241 e. The van der Waals surface area contributed by atoms with Gasteiger partial charge in [-0.25, -0.2) is 0 Å². The molecule has 1 atom stereocenters. The number of hydrogen-bond donors (Lipinski definition) is 2. The lowest BCUT2D eigenvalue weighted by Gasteiger charge is -2.26. The third-order valence-electron chi connectivity index (χ3n) is 4.77. The van der Waals surface area contributed by atoms with Gasteiger partial charge in [-0.2, -0.15) is 0 Å². The molecule has 1 saturated heterocycles. The number of likely N-dealkylation sites (N-methyl/N-ethyl adjacent to an activating group) is 1. The summed E-state index contributed by atoms with van der Waals surface area (Å²) in [4.78, 5) is 26.2.